The molecule has 1 aromatic heterocycles. The van der Waals surface area contributed by atoms with Crippen molar-refractivity contribution in [3.05, 3.63) is 18.2 Å². The summed E-state index contributed by atoms with van der Waals surface area (Å²) >= 11 is 0. The van der Waals surface area contributed by atoms with E-state index in [1.54, 1.807) is 12.1 Å². The zero-order valence-electron chi connectivity index (χ0n) is 9.47. The number of hydrogen-bond acceptors (Lipinski definition) is 5. The third kappa shape index (κ3) is 1.93. The highest BCUT2D eigenvalue weighted by Gasteiger charge is 2.21. The summed E-state index contributed by atoms with van der Waals surface area (Å²) in [6.45, 7) is 1.46. The SMILES string of the molecule is Nc1ccc2oc(N3CCCC(O)C3)nc2c1. The Morgan fingerprint density at radius 3 is 3.18 bits per heavy atom. The molecule has 17 heavy (non-hydrogen) atoms. The van der Waals surface area contributed by atoms with Crippen LogP contribution in [0, 0.1) is 0 Å². The van der Waals surface area contributed by atoms with E-state index in [9.17, 15) is 5.11 Å². The zero-order chi connectivity index (χ0) is 11.8. The molecule has 2 heterocycles. The first-order chi connectivity index (χ1) is 8.22. The summed E-state index contributed by atoms with van der Waals surface area (Å²) in [5, 5.41) is 9.63. The molecule has 1 aliphatic rings. The number of fused-ring (bicyclic) bond motifs is 1. The number of aliphatic hydroxyl groups is 1. The van der Waals surface area contributed by atoms with Crippen molar-refractivity contribution in [2.24, 2.45) is 0 Å². The van der Waals surface area contributed by atoms with Gasteiger partial charge in [0.15, 0.2) is 5.58 Å². The predicted octanol–water partition coefficient (Wildman–Crippen LogP) is 1.37. The van der Waals surface area contributed by atoms with Crippen LogP contribution in [0.3, 0.4) is 0 Å². The number of piperidine rings is 1. The maximum absolute atomic E-state index is 9.63. The number of nitrogens with two attached hydrogens (primary N) is 1. The minimum absolute atomic E-state index is 0.288. The predicted molar refractivity (Wildman–Crippen MR) is 65.9 cm³/mol. The van der Waals surface area contributed by atoms with Gasteiger partial charge < -0.3 is 20.2 Å². The topological polar surface area (TPSA) is 75.5 Å². The fourth-order valence-corrected chi connectivity index (χ4v) is 2.20. The van der Waals surface area contributed by atoms with Gasteiger partial charge in [-0.1, -0.05) is 0 Å². The molecule has 1 atom stereocenters. The molecular formula is C12H15N3O2. The Morgan fingerprint density at radius 1 is 1.47 bits per heavy atom. The lowest BCUT2D eigenvalue weighted by atomic mass is 10.1. The van der Waals surface area contributed by atoms with E-state index in [0.29, 0.717) is 18.2 Å². The molecule has 0 bridgehead atoms. The minimum atomic E-state index is -0.288. The van der Waals surface area contributed by atoms with Crippen LogP contribution >= 0.6 is 0 Å². The van der Waals surface area contributed by atoms with E-state index in [2.05, 4.69) is 4.98 Å². The van der Waals surface area contributed by atoms with Crippen molar-refractivity contribution in [2.75, 3.05) is 23.7 Å². The van der Waals surface area contributed by atoms with E-state index in [4.69, 9.17) is 10.2 Å². The monoisotopic (exact) mass is 233 g/mol. The van der Waals surface area contributed by atoms with Crippen LogP contribution in [0.15, 0.2) is 22.6 Å². The third-order valence-corrected chi connectivity index (χ3v) is 3.07. The molecule has 5 nitrogen and oxygen atoms in total. The highest BCUT2D eigenvalue weighted by atomic mass is 16.4. The normalized spacial score (nSPS) is 21.0. The lowest BCUT2D eigenvalue weighted by Crippen LogP contribution is -2.38. The van der Waals surface area contributed by atoms with Gasteiger partial charge in [-0.25, -0.2) is 0 Å². The lowest BCUT2D eigenvalue weighted by Gasteiger charge is -2.28. The van der Waals surface area contributed by atoms with Crippen molar-refractivity contribution in [1.29, 1.82) is 0 Å². The number of hydrogen-bond donors (Lipinski definition) is 2. The van der Waals surface area contributed by atoms with E-state index in [-0.39, 0.29) is 6.10 Å². The number of benzene rings is 1. The molecule has 90 valence electrons. The second kappa shape index (κ2) is 3.92. The molecular weight excluding hydrogens is 218 g/mol. The summed E-state index contributed by atoms with van der Waals surface area (Å²) in [6.07, 6.45) is 1.52. The van der Waals surface area contributed by atoms with Crippen molar-refractivity contribution >= 4 is 22.8 Å². The maximum Gasteiger partial charge on any atom is 0.298 e. The quantitative estimate of drug-likeness (QED) is 0.727. The molecule has 0 spiro atoms. The summed E-state index contributed by atoms with van der Waals surface area (Å²) in [6, 6.07) is 5.98. The van der Waals surface area contributed by atoms with Gasteiger partial charge in [0.25, 0.3) is 6.01 Å². The van der Waals surface area contributed by atoms with E-state index in [0.717, 1.165) is 30.5 Å². The van der Waals surface area contributed by atoms with Crippen molar-refractivity contribution in [1.82, 2.24) is 4.98 Å². The largest absolute Gasteiger partial charge is 0.423 e. The molecule has 3 N–H and O–H groups in total. The van der Waals surface area contributed by atoms with Crippen LogP contribution < -0.4 is 10.6 Å². The van der Waals surface area contributed by atoms with Crippen LogP contribution in [0.4, 0.5) is 11.7 Å². The van der Waals surface area contributed by atoms with Gasteiger partial charge in [0.1, 0.15) is 5.52 Å². The maximum atomic E-state index is 9.63. The number of nitrogen functional groups attached to an aromatic ring is 1. The van der Waals surface area contributed by atoms with Crippen LogP contribution in [-0.2, 0) is 0 Å². The smallest absolute Gasteiger partial charge is 0.298 e. The molecule has 5 heteroatoms. The van der Waals surface area contributed by atoms with E-state index in [1.807, 2.05) is 11.0 Å². The summed E-state index contributed by atoms with van der Waals surface area (Å²) in [7, 11) is 0. The van der Waals surface area contributed by atoms with Crippen molar-refractivity contribution in [3.63, 3.8) is 0 Å². The van der Waals surface area contributed by atoms with Gasteiger partial charge in [-0.3, -0.25) is 0 Å². The van der Waals surface area contributed by atoms with Gasteiger partial charge in [0.05, 0.1) is 6.10 Å². The molecule has 1 saturated heterocycles. The fourth-order valence-electron chi connectivity index (χ4n) is 2.20. The van der Waals surface area contributed by atoms with E-state index < -0.39 is 0 Å². The van der Waals surface area contributed by atoms with Crippen LogP contribution in [0.5, 0.6) is 0 Å². The molecule has 0 amide bonds. The average molecular weight is 233 g/mol. The molecule has 0 saturated carbocycles. The number of anilines is 2. The Bertz CT molecular complexity index is 538. The van der Waals surface area contributed by atoms with E-state index >= 15 is 0 Å². The molecule has 3 rings (SSSR count). The zero-order valence-corrected chi connectivity index (χ0v) is 9.47. The minimum Gasteiger partial charge on any atom is -0.423 e. The van der Waals surface area contributed by atoms with Crippen LogP contribution in [0.25, 0.3) is 11.1 Å². The first kappa shape index (κ1) is 10.4. The summed E-state index contributed by atoms with van der Waals surface area (Å²) in [4.78, 5) is 6.38. The Labute approximate surface area is 98.8 Å². The summed E-state index contributed by atoms with van der Waals surface area (Å²) in [5.41, 5.74) is 7.87. The number of β-amino-alcohol motifs (C(OH)–C–C–N with tert-alkyl or cyclic N) is 1. The van der Waals surface area contributed by atoms with Gasteiger partial charge in [-0.15, -0.1) is 0 Å². The Morgan fingerprint density at radius 2 is 2.35 bits per heavy atom. The number of aromatic nitrogens is 1. The lowest BCUT2D eigenvalue weighted by molar-refractivity contribution is 0.152. The van der Waals surface area contributed by atoms with Crippen molar-refractivity contribution < 1.29 is 9.52 Å². The number of aliphatic hydroxyl groups excluding tert-OH is 1. The molecule has 2 aromatic rings. The third-order valence-electron chi connectivity index (χ3n) is 3.07. The van der Waals surface area contributed by atoms with Gasteiger partial charge in [-0.05, 0) is 31.0 Å². The van der Waals surface area contributed by atoms with Crippen LogP contribution in [0.2, 0.25) is 0 Å². The average Bonchev–Trinajstić information content (AvgIpc) is 2.72. The van der Waals surface area contributed by atoms with Crippen molar-refractivity contribution in [2.45, 2.75) is 18.9 Å². The summed E-state index contributed by atoms with van der Waals surface area (Å²) in [5.74, 6) is 0. The van der Waals surface area contributed by atoms with Gasteiger partial charge in [0.2, 0.25) is 0 Å². The second-order valence-corrected chi connectivity index (χ2v) is 4.47. The number of rotatable bonds is 1. The first-order valence-corrected chi connectivity index (χ1v) is 5.81. The number of oxazole rings is 1. The molecule has 1 unspecified atom stereocenters. The second-order valence-electron chi connectivity index (χ2n) is 4.47. The van der Waals surface area contributed by atoms with Crippen molar-refractivity contribution in [3.8, 4) is 0 Å². The Balaban J connectivity index is 1.94. The van der Waals surface area contributed by atoms with Gasteiger partial charge in [0, 0.05) is 18.8 Å². The molecule has 0 aliphatic carbocycles. The molecule has 1 aliphatic heterocycles. The highest BCUT2D eigenvalue weighted by molar-refractivity contribution is 5.78. The van der Waals surface area contributed by atoms with E-state index in [1.165, 1.54) is 0 Å². The van der Waals surface area contributed by atoms with Crippen LogP contribution in [0.1, 0.15) is 12.8 Å². The van der Waals surface area contributed by atoms with Crippen LogP contribution in [-0.4, -0.2) is 29.3 Å². The molecule has 1 fully saturated rings. The number of nitrogens with zero attached hydrogens (tertiary/aromatic N) is 2. The standard InChI is InChI=1S/C12H15N3O2/c13-8-3-4-11-10(6-8)14-12(17-11)15-5-1-2-9(16)7-15/h3-4,6,9,16H,1-2,5,7,13H2. The van der Waals surface area contributed by atoms with Gasteiger partial charge >= 0.3 is 0 Å². The van der Waals surface area contributed by atoms with Gasteiger partial charge in [-0.2, -0.15) is 4.98 Å². The summed E-state index contributed by atoms with van der Waals surface area (Å²) < 4.78 is 5.66. The fraction of sp³-hybridized carbons (Fsp3) is 0.417. The first-order valence-electron chi connectivity index (χ1n) is 5.81. The molecule has 1 aromatic carbocycles. The Hall–Kier alpha value is -1.75. The molecule has 0 radical (unpaired) electrons. The Kier molecular flexibility index (Phi) is 2.40. The highest BCUT2D eigenvalue weighted by Crippen LogP contribution is 2.25.